The predicted molar refractivity (Wildman–Crippen MR) is 59.4 cm³/mol. The van der Waals surface area contributed by atoms with E-state index in [2.05, 4.69) is 4.84 Å². The minimum absolute atomic E-state index is 0.0346. The van der Waals surface area contributed by atoms with Crippen molar-refractivity contribution in [3.05, 3.63) is 35.9 Å². The number of rotatable bonds is 6. The van der Waals surface area contributed by atoms with Crippen LogP contribution < -0.4 is 5.48 Å². The number of ether oxygens (including phenoxy) is 1. The summed E-state index contributed by atoms with van der Waals surface area (Å²) in [5.74, 6) is -1.39. The van der Waals surface area contributed by atoms with Crippen molar-refractivity contribution in [2.75, 3.05) is 6.61 Å². The van der Waals surface area contributed by atoms with Crippen LogP contribution in [-0.4, -0.2) is 35.0 Å². The van der Waals surface area contributed by atoms with E-state index in [4.69, 9.17) is 14.9 Å². The molecule has 0 saturated carbocycles. The van der Waals surface area contributed by atoms with Gasteiger partial charge in [-0.15, -0.1) is 0 Å². The van der Waals surface area contributed by atoms with E-state index in [1.165, 1.54) is 0 Å². The summed E-state index contributed by atoms with van der Waals surface area (Å²) in [5, 5.41) is 17.1. The van der Waals surface area contributed by atoms with E-state index >= 15 is 0 Å². The predicted octanol–water partition coefficient (Wildman–Crippen LogP) is 0.290. The number of carbonyl (C=O) groups is 2. The highest BCUT2D eigenvalue weighted by Gasteiger charge is 2.18. The van der Waals surface area contributed by atoms with Crippen molar-refractivity contribution < 1.29 is 29.4 Å². The Balaban J connectivity index is 2.28. The molecule has 0 bridgehead atoms. The highest BCUT2D eigenvalue weighted by Crippen LogP contribution is 2.00. The Kier molecular flexibility index (Phi) is 5.62. The van der Waals surface area contributed by atoms with Gasteiger partial charge in [-0.25, -0.2) is 9.59 Å². The average Bonchev–Trinajstić information content (AvgIpc) is 2.38. The summed E-state index contributed by atoms with van der Waals surface area (Å²) in [6.45, 7) is -0.721. The second-order valence-electron chi connectivity index (χ2n) is 3.29. The molecule has 0 spiro atoms. The maximum absolute atomic E-state index is 11.1. The van der Waals surface area contributed by atoms with Crippen molar-refractivity contribution in [3.8, 4) is 0 Å². The number of nitrogens with one attached hydrogen (secondary N) is 1. The summed E-state index contributed by atoms with van der Waals surface area (Å²) in [5.41, 5.74) is 2.57. The maximum Gasteiger partial charge on any atom is 0.431 e. The zero-order valence-electron chi connectivity index (χ0n) is 9.41. The van der Waals surface area contributed by atoms with Gasteiger partial charge < -0.3 is 14.9 Å². The first kappa shape index (κ1) is 13.9. The minimum atomic E-state index is -1.52. The van der Waals surface area contributed by atoms with Crippen molar-refractivity contribution >= 4 is 12.1 Å². The molecule has 98 valence electrons. The normalized spacial score (nSPS) is 11.6. The van der Waals surface area contributed by atoms with E-state index in [0.29, 0.717) is 0 Å². The lowest BCUT2D eigenvalue weighted by molar-refractivity contribution is -0.157. The van der Waals surface area contributed by atoms with Gasteiger partial charge in [0.1, 0.15) is 6.61 Å². The van der Waals surface area contributed by atoms with Crippen molar-refractivity contribution in [1.29, 1.82) is 0 Å². The van der Waals surface area contributed by atoms with E-state index in [-0.39, 0.29) is 6.61 Å². The second kappa shape index (κ2) is 7.25. The Labute approximate surface area is 103 Å². The molecule has 0 fully saturated rings. The van der Waals surface area contributed by atoms with Crippen LogP contribution in [0.4, 0.5) is 4.79 Å². The Hall–Kier alpha value is -2.12. The lowest BCUT2D eigenvalue weighted by Gasteiger charge is -2.11. The molecule has 0 aliphatic rings. The first-order valence-corrected chi connectivity index (χ1v) is 5.09. The average molecular weight is 255 g/mol. The zero-order valence-corrected chi connectivity index (χ0v) is 9.41. The van der Waals surface area contributed by atoms with Crippen LogP contribution in [0.3, 0.4) is 0 Å². The molecule has 0 saturated heterocycles. The molecule has 1 rings (SSSR count). The van der Waals surface area contributed by atoms with Gasteiger partial charge in [-0.3, -0.25) is 4.84 Å². The maximum atomic E-state index is 11.1. The number of aliphatic carboxylic acids is 1. The summed E-state index contributed by atoms with van der Waals surface area (Å²) < 4.78 is 4.75. The van der Waals surface area contributed by atoms with Gasteiger partial charge in [0.25, 0.3) is 0 Å². The number of carboxylic acid groups (broad SMARTS) is 1. The number of carbonyl (C=O) groups excluding carboxylic acids is 1. The fraction of sp³-hybridized carbons (Fsp3) is 0.273. The molecule has 18 heavy (non-hydrogen) atoms. The molecule has 0 radical (unpaired) electrons. The van der Waals surface area contributed by atoms with Crippen LogP contribution in [0.2, 0.25) is 0 Å². The molecule has 7 heteroatoms. The molecule has 0 aliphatic carbocycles. The summed E-state index contributed by atoms with van der Waals surface area (Å²) in [7, 11) is 0. The van der Waals surface area contributed by atoms with Gasteiger partial charge in [-0.2, -0.15) is 5.48 Å². The van der Waals surface area contributed by atoms with Crippen molar-refractivity contribution in [1.82, 2.24) is 5.48 Å². The Morgan fingerprint density at radius 1 is 1.28 bits per heavy atom. The third kappa shape index (κ3) is 4.81. The van der Waals surface area contributed by atoms with Gasteiger partial charge >= 0.3 is 12.1 Å². The first-order valence-electron chi connectivity index (χ1n) is 5.09. The lowest BCUT2D eigenvalue weighted by atomic mass is 10.2. The Morgan fingerprint density at radius 3 is 2.50 bits per heavy atom. The van der Waals surface area contributed by atoms with E-state index in [1.807, 2.05) is 6.07 Å². The molecular weight excluding hydrogens is 242 g/mol. The molecule has 0 aliphatic heterocycles. The number of amides is 1. The number of benzene rings is 1. The Bertz CT molecular complexity index is 394. The molecule has 1 aromatic rings. The number of hydrogen-bond donors (Lipinski definition) is 3. The number of hydrogen-bond acceptors (Lipinski definition) is 5. The van der Waals surface area contributed by atoms with Crippen LogP contribution in [0, 0.1) is 0 Å². The smallest absolute Gasteiger partial charge is 0.431 e. The highest BCUT2D eigenvalue weighted by atomic mass is 16.7. The fourth-order valence-electron chi connectivity index (χ4n) is 1.04. The molecule has 1 atom stereocenters. The van der Waals surface area contributed by atoms with E-state index in [1.54, 1.807) is 29.7 Å². The van der Waals surface area contributed by atoms with Crippen LogP contribution in [0.15, 0.2) is 30.3 Å². The molecule has 1 unspecified atom stereocenters. The molecule has 7 nitrogen and oxygen atoms in total. The second-order valence-corrected chi connectivity index (χ2v) is 3.29. The van der Waals surface area contributed by atoms with E-state index in [9.17, 15) is 9.59 Å². The summed E-state index contributed by atoms with van der Waals surface area (Å²) in [6.07, 6.45) is -2.45. The minimum Gasteiger partial charge on any atom is -0.479 e. The van der Waals surface area contributed by atoms with Crippen LogP contribution in [0.25, 0.3) is 0 Å². The molecular formula is C11H13NO6. The standard InChI is InChI=1S/C11H13NO6/c13-6-9(10(14)15)18-12-11(16)17-7-8-4-2-1-3-5-8/h1-5,9,13H,6-7H2,(H,12,16)(H,14,15). The number of carboxylic acids is 1. The summed E-state index contributed by atoms with van der Waals surface area (Å²) in [6, 6.07) is 8.94. The third-order valence-electron chi connectivity index (χ3n) is 1.94. The van der Waals surface area contributed by atoms with Gasteiger partial charge in [0.05, 0.1) is 6.61 Å². The molecule has 3 N–H and O–H groups in total. The topological polar surface area (TPSA) is 105 Å². The van der Waals surface area contributed by atoms with Crippen LogP contribution in [-0.2, 0) is 21.0 Å². The lowest BCUT2D eigenvalue weighted by Crippen LogP contribution is -2.36. The highest BCUT2D eigenvalue weighted by molar-refractivity contribution is 5.73. The van der Waals surface area contributed by atoms with Crippen molar-refractivity contribution in [3.63, 3.8) is 0 Å². The van der Waals surface area contributed by atoms with E-state index < -0.39 is 24.8 Å². The monoisotopic (exact) mass is 255 g/mol. The number of hydroxylamine groups is 1. The van der Waals surface area contributed by atoms with Gasteiger partial charge in [-0.05, 0) is 5.56 Å². The number of aliphatic hydroxyl groups is 1. The molecule has 0 aromatic heterocycles. The largest absolute Gasteiger partial charge is 0.479 e. The summed E-state index contributed by atoms with van der Waals surface area (Å²) >= 11 is 0. The van der Waals surface area contributed by atoms with Crippen LogP contribution in [0.5, 0.6) is 0 Å². The van der Waals surface area contributed by atoms with Crippen molar-refractivity contribution in [2.24, 2.45) is 0 Å². The first-order chi connectivity index (χ1) is 8.63. The zero-order chi connectivity index (χ0) is 13.4. The molecule has 1 aromatic carbocycles. The third-order valence-corrected chi connectivity index (χ3v) is 1.94. The fourth-order valence-corrected chi connectivity index (χ4v) is 1.04. The summed E-state index contributed by atoms with van der Waals surface area (Å²) in [4.78, 5) is 26.0. The Morgan fingerprint density at radius 2 is 1.94 bits per heavy atom. The van der Waals surface area contributed by atoms with Gasteiger partial charge in [0.15, 0.2) is 0 Å². The SMILES string of the molecule is O=C(NOC(CO)C(=O)O)OCc1ccccc1. The van der Waals surface area contributed by atoms with Crippen molar-refractivity contribution in [2.45, 2.75) is 12.7 Å². The van der Waals surface area contributed by atoms with E-state index in [0.717, 1.165) is 5.56 Å². The van der Waals surface area contributed by atoms with Crippen LogP contribution >= 0.6 is 0 Å². The van der Waals surface area contributed by atoms with Gasteiger partial charge in [0, 0.05) is 0 Å². The van der Waals surface area contributed by atoms with Gasteiger partial charge in [0.2, 0.25) is 6.10 Å². The molecule has 1 amide bonds. The quantitative estimate of drug-likeness (QED) is 0.631. The number of aliphatic hydroxyl groups excluding tert-OH is 1. The molecule has 0 heterocycles. The van der Waals surface area contributed by atoms with Crippen LogP contribution in [0.1, 0.15) is 5.56 Å². The van der Waals surface area contributed by atoms with Gasteiger partial charge in [-0.1, -0.05) is 30.3 Å².